The molecule has 110 valence electrons. The van der Waals surface area contributed by atoms with E-state index < -0.39 is 18.4 Å². The van der Waals surface area contributed by atoms with Crippen LogP contribution in [0, 0.1) is 11.8 Å². The van der Waals surface area contributed by atoms with Gasteiger partial charge in [0.05, 0.1) is 0 Å². The van der Waals surface area contributed by atoms with Crippen molar-refractivity contribution in [1.29, 1.82) is 0 Å². The van der Waals surface area contributed by atoms with Gasteiger partial charge in [-0.05, 0) is 0 Å². The van der Waals surface area contributed by atoms with Crippen LogP contribution in [-0.4, -0.2) is 18.4 Å². The Morgan fingerprint density at radius 3 is 1.63 bits per heavy atom. The molecule has 0 bridgehead atoms. The molecule has 0 aliphatic rings. The normalized spacial score (nSPS) is 12.2. The van der Waals surface area contributed by atoms with Crippen LogP contribution in [0.1, 0.15) is 73.1 Å². The van der Waals surface area contributed by atoms with Crippen molar-refractivity contribution < 1.29 is 0 Å². The molecule has 0 aromatic carbocycles. The molecule has 0 saturated carbocycles. The Labute approximate surface area is 126 Å². The van der Waals surface area contributed by atoms with Gasteiger partial charge < -0.3 is 0 Å². The van der Waals surface area contributed by atoms with Crippen LogP contribution in [0.2, 0.25) is 13.3 Å². The van der Waals surface area contributed by atoms with Crippen molar-refractivity contribution in [3.63, 3.8) is 0 Å². The number of hydrogen-bond acceptors (Lipinski definition) is 0. The fraction of sp³-hybridized carbons (Fsp3) is 0.778. The van der Waals surface area contributed by atoms with Crippen LogP contribution in [0.25, 0.3) is 0 Å². The zero-order valence-electron chi connectivity index (χ0n) is 13.9. The molecule has 0 aliphatic heterocycles. The molecule has 0 nitrogen and oxygen atoms in total. The third kappa shape index (κ3) is 7.45. The fourth-order valence-corrected chi connectivity index (χ4v) is 18.3. The van der Waals surface area contributed by atoms with Crippen molar-refractivity contribution in [2.45, 2.75) is 86.5 Å². The van der Waals surface area contributed by atoms with Crippen molar-refractivity contribution in [3.05, 3.63) is 9.67 Å². The summed E-state index contributed by atoms with van der Waals surface area (Å²) in [6.45, 7) is 11.4. The second-order valence-corrected chi connectivity index (χ2v) is 19.7. The number of hydrogen-bond donors (Lipinski definition) is 0. The number of unbranched alkanes of at least 4 members (excludes halogenated alkanes) is 3. The molecule has 19 heavy (non-hydrogen) atoms. The van der Waals surface area contributed by atoms with E-state index >= 15 is 0 Å². The molecule has 0 radical (unpaired) electrons. The predicted octanol–water partition coefficient (Wildman–Crippen LogP) is 6.34. The molecule has 0 aromatic rings. The molecular weight excluding hydrogens is 335 g/mol. The molecule has 0 spiro atoms. The Balaban J connectivity index is 5.10. The van der Waals surface area contributed by atoms with Crippen LogP contribution in [0.15, 0.2) is 9.67 Å². The summed E-state index contributed by atoms with van der Waals surface area (Å²) in [6, 6.07) is 0. The molecule has 0 amide bonds. The second kappa shape index (κ2) is 11.9. The number of rotatable bonds is 10. The van der Waals surface area contributed by atoms with Crippen LogP contribution >= 0.6 is 0 Å². The third-order valence-electron chi connectivity index (χ3n) is 4.30. The van der Waals surface area contributed by atoms with E-state index in [1.807, 2.05) is 6.92 Å². The Hall–Kier alpha value is 0.0987. The standard InChI is InChI=1S/C6H7.3C4H9.Sn/c1-3-5-6-4-2;3*1-3-4-2;/h5H,1-2H3;3*1,3-4H2,2H3;. The summed E-state index contributed by atoms with van der Waals surface area (Å²) in [4.78, 5) is 0. The monoisotopic (exact) mass is 370 g/mol. The molecule has 0 aliphatic carbocycles. The first-order chi connectivity index (χ1) is 9.16. The molecule has 0 aromatic heterocycles. The van der Waals surface area contributed by atoms with Gasteiger partial charge in [0.1, 0.15) is 0 Å². The van der Waals surface area contributed by atoms with Crippen molar-refractivity contribution in [2.75, 3.05) is 0 Å². The molecule has 1 heteroatoms. The Morgan fingerprint density at radius 2 is 1.32 bits per heavy atom. The minimum absolute atomic E-state index is 1.35. The van der Waals surface area contributed by atoms with Gasteiger partial charge in [0, 0.05) is 0 Å². The molecular formula is C18H34Sn. The first kappa shape index (κ1) is 19.1. The van der Waals surface area contributed by atoms with Gasteiger partial charge in [0.25, 0.3) is 0 Å². The van der Waals surface area contributed by atoms with Gasteiger partial charge in [0.2, 0.25) is 0 Å². The maximum absolute atomic E-state index is 3.22. The van der Waals surface area contributed by atoms with Crippen molar-refractivity contribution in [1.82, 2.24) is 0 Å². The summed E-state index contributed by atoms with van der Waals surface area (Å²) >= 11 is -2.09. The summed E-state index contributed by atoms with van der Waals surface area (Å²) in [6.07, 6.45) is 10.6. The van der Waals surface area contributed by atoms with Crippen molar-refractivity contribution >= 4 is 18.4 Å². The minimum atomic E-state index is -2.09. The maximum atomic E-state index is 3.22. The van der Waals surface area contributed by atoms with E-state index in [4.69, 9.17) is 0 Å². The quantitative estimate of drug-likeness (QED) is 0.311. The predicted molar refractivity (Wildman–Crippen MR) is 92.1 cm³/mol. The second-order valence-electron chi connectivity index (χ2n) is 5.81. The molecule has 0 heterocycles. The van der Waals surface area contributed by atoms with Gasteiger partial charge >= 0.3 is 126 Å². The Kier molecular flexibility index (Phi) is 11.9. The van der Waals surface area contributed by atoms with Crippen molar-refractivity contribution in [2.24, 2.45) is 0 Å². The Bertz CT molecular complexity index is 282. The number of allylic oxidation sites excluding steroid dienone is 2. The van der Waals surface area contributed by atoms with Crippen LogP contribution in [-0.2, 0) is 0 Å². The fourth-order valence-electron chi connectivity index (χ4n) is 2.85. The van der Waals surface area contributed by atoms with E-state index in [0.29, 0.717) is 0 Å². The van der Waals surface area contributed by atoms with E-state index in [-0.39, 0.29) is 0 Å². The summed E-state index contributed by atoms with van der Waals surface area (Å²) in [5.41, 5.74) is 0. The summed E-state index contributed by atoms with van der Waals surface area (Å²) in [7, 11) is 0. The first-order valence-electron chi connectivity index (χ1n) is 8.26. The molecule has 0 atom stereocenters. The van der Waals surface area contributed by atoms with Crippen molar-refractivity contribution in [3.8, 4) is 11.8 Å². The van der Waals surface area contributed by atoms with Gasteiger partial charge in [0.15, 0.2) is 0 Å². The van der Waals surface area contributed by atoms with Crippen LogP contribution in [0.4, 0.5) is 0 Å². The van der Waals surface area contributed by atoms with Gasteiger partial charge in [-0.3, -0.25) is 0 Å². The molecule has 0 rings (SSSR count). The molecule has 0 fully saturated rings. The van der Waals surface area contributed by atoms with Crippen LogP contribution in [0.3, 0.4) is 0 Å². The SMILES string of the molecule is CC#C/C=[C](\C)[Sn]([CH2]CCC)([CH2]CCC)[CH2]CCC. The zero-order valence-corrected chi connectivity index (χ0v) is 16.8. The van der Waals surface area contributed by atoms with Gasteiger partial charge in [-0.25, -0.2) is 0 Å². The topological polar surface area (TPSA) is 0 Å². The Morgan fingerprint density at radius 1 is 0.895 bits per heavy atom. The summed E-state index contributed by atoms with van der Waals surface area (Å²) in [5.74, 6) is 6.27. The molecule has 0 N–H and O–H groups in total. The molecule has 0 unspecified atom stereocenters. The van der Waals surface area contributed by atoms with E-state index in [9.17, 15) is 0 Å². The first-order valence-corrected chi connectivity index (χ1v) is 15.7. The van der Waals surface area contributed by atoms with Gasteiger partial charge in [-0.15, -0.1) is 0 Å². The van der Waals surface area contributed by atoms with E-state index in [1.54, 1.807) is 16.9 Å². The van der Waals surface area contributed by atoms with Crippen LogP contribution < -0.4 is 0 Å². The van der Waals surface area contributed by atoms with Gasteiger partial charge in [-0.1, -0.05) is 0 Å². The van der Waals surface area contributed by atoms with E-state index in [2.05, 4.69) is 45.6 Å². The summed E-state index contributed by atoms with van der Waals surface area (Å²) < 4.78 is 6.40. The molecule has 0 saturated heterocycles. The van der Waals surface area contributed by atoms with Crippen LogP contribution in [0.5, 0.6) is 0 Å². The van der Waals surface area contributed by atoms with E-state index in [0.717, 1.165) is 0 Å². The average molecular weight is 369 g/mol. The van der Waals surface area contributed by atoms with Gasteiger partial charge in [-0.2, -0.15) is 0 Å². The summed E-state index contributed by atoms with van der Waals surface area (Å²) in [5, 5.41) is 0. The average Bonchev–Trinajstić information content (AvgIpc) is 2.44. The zero-order chi connectivity index (χ0) is 14.6. The van der Waals surface area contributed by atoms with E-state index in [1.165, 1.54) is 38.5 Å². The third-order valence-corrected chi connectivity index (χ3v) is 20.7.